The van der Waals surface area contributed by atoms with Crippen LogP contribution in [0.5, 0.6) is 17.2 Å². The first-order chi connectivity index (χ1) is 15.8. The molecule has 3 N–H and O–H groups in total. The maximum Gasteiger partial charge on any atom is 0.168 e. The Hall–Kier alpha value is -3.76. The van der Waals surface area contributed by atoms with Crippen LogP contribution in [0.1, 0.15) is 13.1 Å². The van der Waals surface area contributed by atoms with Gasteiger partial charge in [-0.25, -0.2) is 23.4 Å². The number of aromatic hydroxyl groups is 1. The molecule has 2 unspecified atom stereocenters. The molecule has 0 aliphatic rings. The zero-order valence-corrected chi connectivity index (χ0v) is 17.9. The fraction of sp³-hybridized carbons (Fsp3) is 0.136. The molecule has 0 aliphatic heterocycles. The van der Waals surface area contributed by atoms with Crippen LogP contribution in [0, 0.1) is 11.6 Å². The Balaban J connectivity index is 1.73. The van der Waals surface area contributed by atoms with E-state index in [1.54, 1.807) is 25.1 Å². The van der Waals surface area contributed by atoms with E-state index in [2.05, 4.69) is 20.4 Å². The summed E-state index contributed by atoms with van der Waals surface area (Å²) in [4.78, 5) is 7.90. The second kappa shape index (κ2) is 9.39. The standard InChI is InChI=1S/C22H18ClF2N5O3/c1-12(31)22(28-19-7-8-26-11-27-19)30-10-16(32)21(29-30)20-14(23)3-2-4-18(20)33-17-6-5-13(24)9-15(17)25/h2-12,22,31-32H,1H3,(H,26,27,28). The molecule has 0 bridgehead atoms. The number of ether oxygens (including phenoxy) is 1. The number of nitrogens with zero attached hydrogens (tertiary/aromatic N) is 4. The summed E-state index contributed by atoms with van der Waals surface area (Å²) in [5.74, 6) is -1.62. The molecule has 33 heavy (non-hydrogen) atoms. The predicted molar refractivity (Wildman–Crippen MR) is 117 cm³/mol. The van der Waals surface area contributed by atoms with Crippen molar-refractivity contribution in [3.05, 3.63) is 77.8 Å². The van der Waals surface area contributed by atoms with Gasteiger partial charge in [0.2, 0.25) is 0 Å². The summed E-state index contributed by atoms with van der Waals surface area (Å²) in [5, 5.41) is 28.5. The van der Waals surface area contributed by atoms with Gasteiger partial charge in [-0.3, -0.25) is 0 Å². The van der Waals surface area contributed by atoms with Crippen molar-refractivity contribution in [3.63, 3.8) is 0 Å². The van der Waals surface area contributed by atoms with Crippen LogP contribution in [0.3, 0.4) is 0 Å². The van der Waals surface area contributed by atoms with E-state index in [-0.39, 0.29) is 33.5 Å². The van der Waals surface area contributed by atoms with Crippen molar-refractivity contribution < 1.29 is 23.7 Å². The summed E-state index contributed by atoms with van der Waals surface area (Å²) < 4.78 is 34.3. The minimum atomic E-state index is -0.942. The Labute approximate surface area is 192 Å². The minimum absolute atomic E-state index is 0.0354. The molecule has 0 saturated heterocycles. The van der Waals surface area contributed by atoms with Crippen LogP contribution in [-0.2, 0) is 0 Å². The first-order valence-corrected chi connectivity index (χ1v) is 10.1. The molecule has 2 heterocycles. The first-order valence-electron chi connectivity index (χ1n) is 9.74. The molecule has 4 aromatic rings. The van der Waals surface area contributed by atoms with E-state index in [0.717, 1.165) is 12.1 Å². The fourth-order valence-corrected chi connectivity index (χ4v) is 3.39. The molecule has 0 radical (unpaired) electrons. The van der Waals surface area contributed by atoms with E-state index in [0.29, 0.717) is 11.9 Å². The molecule has 0 amide bonds. The smallest absolute Gasteiger partial charge is 0.168 e. The van der Waals surface area contributed by atoms with Crippen molar-refractivity contribution in [2.75, 3.05) is 5.32 Å². The summed E-state index contributed by atoms with van der Waals surface area (Å²) in [6.07, 6.45) is 2.42. The van der Waals surface area contributed by atoms with Gasteiger partial charge in [0.1, 0.15) is 35.6 Å². The Bertz CT molecular complexity index is 1270. The predicted octanol–water partition coefficient (Wildman–Crippen LogP) is 4.76. The molecular weight excluding hydrogens is 456 g/mol. The lowest BCUT2D eigenvalue weighted by molar-refractivity contribution is 0.136. The highest BCUT2D eigenvalue weighted by molar-refractivity contribution is 6.33. The van der Waals surface area contributed by atoms with Crippen molar-refractivity contribution in [3.8, 4) is 28.5 Å². The van der Waals surface area contributed by atoms with Crippen LogP contribution in [0.4, 0.5) is 14.6 Å². The average Bonchev–Trinajstić information content (AvgIpc) is 3.15. The van der Waals surface area contributed by atoms with E-state index in [1.807, 2.05) is 0 Å². The van der Waals surface area contributed by atoms with Gasteiger partial charge in [-0.2, -0.15) is 5.10 Å². The number of aromatic nitrogens is 4. The number of rotatable bonds is 7. The lowest BCUT2D eigenvalue weighted by Gasteiger charge is -2.22. The van der Waals surface area contributed by atoms with Gasteiger partial charge in [0.25, 0.3) is 0 Å². The summed E-state index contributed by atoms with van der Waals surface area (Å²) in [6.45, 7) is 1.54. The zero-order chi connectivity index (χ0) is 23.5. The van der Waals surface area contributed by atoms with Crippen molar-refractivity contribution in [2.24, 2.45) is 0 Å². The van der Waals surface area contributed by atoms with Gasteiger partial charge in [0, 0.05) is 12.3 Å². The molecular formula is C22H18ClF2N5O3. The van der Waals surface area contributed by atoms with E-state index < -0.39 is 23.9 Å². The molecule has 0 fully saturated rings. The summed E-state index contributed by atoms with van der Waals surface area (Å²) in [6, 6.07) is 9.13. The van der Waals surface area contributed by atoms with E-state index in [4.69, 9.17) is 16.3 Å². The summed E-state index contributed by atoms with van der Waals surface area (Å²) >= 11 is 6.37. The number of aliphatic hydroxyl groups is 1. The van der Waals surface area contributed by atoms with E-state index in [1.165, 1.54) is 29.5 Å². The SMILES string of the molecule is CC(O)C(Nc1ccncn1)n1cc(O)c(-c2c(Cl)cccc2Oc2ccc(F)cc2F)n1. The number of benzene rings is 2. The molecule has 2 atom stereocenters. The van der Waals surface area contributed by atoms with Crippen molar-refractivity contribution >= 4 is 17.4 Å². The Morgan fingerprint density at radius 1 is 1.15 bits per heavy atom. The van der Waals surface area contributed by atoms with E-state index >= 15 is 0 Å². The molecule has 4 rings (SSSR count). The Morgan fingerprint density at radius 3 is 2.67 bits per heavy atom. The Morgan fingerprint density at radius 2 is 1.97 bits per heavy atom. The van der Waals surface area contributed by atoms with Crippen molar-refractivity contribution in [2.45, 2.75) is 19.2 Å². The molecule has 170 valence electrons. The van der Waals surface area contributed by atoms with Crippen LogP contribution in [0.25, 0.3) is 11.3 Å². The highest BCUT2D eigenvalue weighted by Gasteiger charge is 2.25. The maximum atomic E-state index is 14.1. The van der Waals surface area contributed by atoms with Crippen LogP contribution in [0.2, 0.25) is 5.02 Å². The number of aliphatic hydroxyl groups excluding tert-OH is 1. The first kappa shape index (κ1) is 22.4. The third-order valence-electron chi connectivity index (χ3n) is 4.66. The summed E-state index contributed by atoms with van der Waals surface area (Å²) in [5.41, 5.74) is 0.221. The van der Waals surface area contributed by atoms with Crippen LogP contribution in [0.15, 0.2) is 61.2 Å². The fourth-order valence-electron chi connectivity index (χ4n) is 3.13. The lowest BCUT2D eigenvalue weighted by atomic mass is 10.1. The molecule has 11 heteroatoms. The van der Waals surface area contributed by atoms with Gasteiger partial charge in [-0.1, -0.05) is 17.7 Å². The van der Waals surface area contributed by atoms with Gasteiger partial charge in [0.05, 0.1) is 22.9 Å². The zero-order valence-electron chi connectivity index (χ0n) is 17.2. The Kier molecular flexibility index (Phi) is 6.38. The molecule has 0 aliphatic carbocycles. The third kappa shape index (κ3) is 4.86. The van der Waals surface area contributed by atoms with Gasteiger partial charge < -0.3 is 20.3 Å². The van der Waals surface area contributed by atoms with Crippen molar-refractivity contribution in [1.29, 1.82) is 0 Å². The van der Waals surface area contributed by atoms with Gasteiger partial charge in [0.15, 0.2) is 17.3 Å². The van der Waals surface area contributed by atoms with Crippen molar-refractivity contribution in [1.82, 2.24) is 19.7 Å². The highest BCUT2D eigenvalue weighted by Crippen LogP contribution is 2.42. The summed E-state index contributed by atoms with van der Waals surface area (Å²) in [7, 11) is 0. The average molecular weight is 474 g/mol. The number of hydrogen-bond acceptors (Lipinski definition) is 7. The van der Waals surface area contributed by atoms with Gasteiger partial charge >= 0.3 is 0 Å². The second-order valence-electron chi connectivity index (χ2n) is 7.06. The van der Waals surface area contributed by atoms with E-state index in [9.17, 15) is 19.0 Å². The van der Waals surface area contributed by atoms with Crippen LogP contribution >= 0.6 is 11.6 Å². The quantitative estimate of drug-likeness (QED) is 0.355. The monoisotopic (exact) mass is 473 g/mol. The second-order valence-corrected chi connectivity index (χ2v) is 7.46. The van der Waals surface area contributed by atoms with Crippen LogP contribution < -0.4 is 10.1 Å². The van der Waals surface area contributed by atoms with Gasteiger partial charge in [-0.15, -0.1) is 0 Å². The minimum Gasteiger partial charge on any atom is -0.504 e. The molecule has 2 aromatic heterocycles. The number of halogens is 3. The molecule has 0 spiro atoms. The lowest BCUT2D eigenvalue weighted by Crippen LogP contribution is -2.29. The number of anilines is 1. The van der Waals surface area contributed by atoms with Crippen LogP contribution in [-0.4, -0.2) is 36.1 Å². The molecule has 8 nitrogen and oxygen atoms in total. The third-order valence-corrected chi connectivity index (χ3v) is 4.97. The van der Waals surface area contributed by atoms with Gasteiger partial charge in [-0.05, 0) is 37.3 Å². The normalized spacial score (nSPS) is 12.9. The number of nitrogens with one attached hydrogen (secondary N) is 1. The topological polar surface area (TPSA) is 105 Å². The largest absolute Gasteiger partial charge is 0.504 e. The molecule has 0 saturated carbocycles. The highest BCUT2D eigenvalue weighted by atomic mass is 35.5. The number of hydrogen-bond donors (Lipinski definition) is 3. The maximum absolute atomic E-state index is 14.1. The molecule has 2 aromatic carbocycles.